The van der Waals surface area contributed by atoms with Crippen LogP contribution in [0.2, 0.25) is 0 Å². The Morgan fingerprint density at radius 2 is 1.83 bits per heavy atom. The first-order chi connectivity index (χ1) is 5.88. The van der Waals surface area contributed by atoms with Gasteiger partial charge in [-0.3, -0.25) is 4.79 Å². The highest BCUT2D eigenvalue weighted by molar-refractivity contribution is 6.01. The van der Waals surface area contributed by atoms with E-state index in [1.54, 1.807) is 5.57 Å². The summed E-state index contributed by atoms with van der Waals surface area (Å²) in [7, 11) is 0. The van der Waals surface area contributed by atoms with Gasteiger partial charge in [-0.2, -0.15) is 0 Å². The Bertz CT molecular complexity index is 275. The van der Waals surface area contributed by atoms with Crippen molar-refractivity contribution in [2.45, 2.75) is 38.5 Å². The van der Waals surface area contributed by atoms with E-state index in [1.165, 1.54) is 37.7 Å². The van der Waals surface area contributed by atoms with Crippen LogP contribution in [-0.4, -0.2) is 5.78 Å². The number of hydrogen-bond acceptors (Lipinski definition) is 1. The van der Waals surface area contributed by atoms with Gasteiger partial charge in [0.25, 0.3) is 0 Å². The fourth-order valence-corrected chi connectivity index (χ4v) is 3.37. The molecule has 0 bridgehead atoms. The van der Waals surface area contributed by atoms with Crippen molar-refractivity contribution >= 4 is 5.78 Å². The first-order valence-corrected chi connectivity index (χ1v) is 5.14. The van der Waals surface area contributed by atoms with Crippen LogP contribution in [0.5, 0.6) is 0 Å². The van der Waals surface area contributed by atoms with Gasteiger partial charge in [-0.15, -0.1) is 0 Å². The van der Waals surface area contributed by atoms with Crippen molar-refractivity contribution in [1.82, 2.24) is 0 Å². The molecular formula is C11H14O. The molecule has 0 N–H and O–H groups in total. The zero-order chi connectivity index (χ0) is 8.13. The molecule has 3 aliphatic rings. The van der Waals surface area contributed by atoms with E-state index in [2.05, 4.69) is 0 Å². The summed E-state index contributed by atoms with van der Waals surface area (Å²) < 4.78 is 0. The van der Waals surface area contributed by atoms with Gasteiger partial charge in [0.05, 0.1) is 0 Å². The van der Waals surface area contributed by atoms with E-state index in [0.717, 1.165) is 6.42 Å². The molecule has 1 saturated carbocycles. The number of ketones is 1. The molecule has 0 amide bonds. The predicted octanol–water partition coefficient (Wildman–Crippen LogP) is 2.47. The highest BCUT2D eigenvalue weighted by Crippen LogP contribution is 2.50. The topological polar surface area (TPSA) is 17.1 Å². The molecule has 12 heavy (non-hydrogen) atoms. The molecule has 0 radical (unpaired) electrons. The fourth-order valence-electron chi connectivity index (χ4n) is 3.37. The van der Waals surface area contributed by atoms with E-state index in [1.807, 2.05) is 0 Å². The van der Waals surface area contributed by atoms with E-state index in [9.17, 15) is 4.79 Å². The van der Waals surface area contributed by atoms with Crippen molar-refractivity contribution in [2.24, 2.45) is 11.8 Å². The van der Waals surface area contributed by atoms with Gasteiger partial charge in [0.1, 0.15) is 0 Å². The molecule has 1 unspecified atom stereocenters. The Kier molecular flexibility index (Phi) is 1.27. The number of allylic oxidation sites excluding steroid dienone is 2. The third-order valence-electron chi connectivity index (χ3n) is 3.86. The van der Waals surface area contributed by atoms with Gasteiger partial charge in [0.2, 0.25) is 0 Å². The average Bonchev–Trinajstić information content (AvgIpc) is 2.72. The molecular weight excluding hydrogens is 148 g/mol. The van der Waals surface area contributed by atoms with Gasteiger partial charge < -0.3 is 0 Å². The molecule has 0 aliphatic heterocycles. The molecule has 1 fully saturated rings. The minimum absolute atomic E-state index is 0.440. The van der Waals surface area contributed by atoms with Crippen LogP contribution < -0.4 is 0 Å². The molecule has 0 aromatic heterocycles. The summed E-state index contributed by atoms with van der Waals surface area (Å²) in [6, 6.07) is 0. The number of hydrogen-bond donors (Lipinski definition) is 0. The number of carbonyl (C=O) groups excluding carboxylic acids is 1. The lowest BCUT2D eigenvalue weighted by Gasteiger charge is -2.11. The van der Waals surface area contributed by atoms with Gasteiger partial charge in [-0.05, 0) is 43.6 Å². The standard InChI is InChI=1S/C11H14O/c12-11-9-5-1-3-7(9)8-4-2-6-10(8)11/h7,9H,1-6H2/t7?,9-/m1/s1. The van der Waals surface area contributed by atoms with Crippen LogP contribution in [0.4, 0.5) is 0 Å². The second kappa shape index (κ2) is 2.21. The van der Waals surface area contributed by atoms with Gasteiger partial charge in [-0.1, -0.05) is 12.0 Å². The van der Waals surface area contributed by atoms with E-state index in [-0.39, 0.29) is 0 Å². The maximum Gasteiger partial charge on any atom is 0.162 e. The van der Waals surface area contributed by atoms with E-state index >= 15 is 0 Å². The summed E-state index contributed by atoms with van der Waals surface area (Å²) in [5, 5.41) is 0. The van der Waals surface area contributed by atoms with Crippen molar-refractivity contribution < 1.29 is 4.79 Å². The minimum atomic E-state index is 0.440. The molecule has 1 nitrogen and oxygen atoms in total. The predicted molar refractivity (Wildman–Crippen MR) is 46.7 cm³/mol. The van der Waals surface area contributed by atoms with Crippen molar-refractivity contribution in [3.05, 3.63) is 11.1 Å². The molecule has 0 heterocycles. The lowest BCUT2D eigenvalue weighted by atomic mass is 9.92. The number of fused-ring (bicyclic) bond motifs is 2. The average molecular weight is 162 g/mol. The van der Waals surface area contributed by atoms with E-state index in [0.29, 0.717) is 17.6 Å². The Hall–Kier alpha value is -0.590. The normalized spacial score (nSPS) is 39.2. The van der Waals surface area contributed by atoms with Gasteiger partial charge in [0.15, 0.2) is 5.78 Å². The van der Waals surface area contributed by atoms with Crippen molar-refractivity contribution in [3.8, 4) is 0 Å². The van der Waals surface area contributed by atoms with Crippen LogP contribution in [0, 0.1) is 11.8 Å². The summed E-state index contributed by atoms with van der Waals surface area (Å²) >= 11 is 0. The smallest absolute Gasteiger partial charge is 0.162 e. The Labute approximate surface area is 72.8 Å². The number of Topliss-reactive ketones (excluding diaryl/α,β-unsaturated/α-hetero) is 1. The third-order valence-corrected chi connectivity index (χ3v) is 3.86. The summed E-state index contributed by atoms with van der Waals surface area (Å²) in [5.41, 5.74) is 2.83. The minimum Gasteiger partial charge on any atom is -0.294 e. The zero-order valence-electron chi connectivity index (χ0n) is 7.31. The third kappa shape index (κ3) is 0.675. The van der Waals surface area contributed by atoms with Crippen molar-refractivity contribution in [2.75, 3.05) is 0 Å². The maximum atomic E-state index is 11.8. The highest BCUT2D eigenvalue weighted by Gasteiger charge is 2.44. The van der Waals surface area contributed by atoms with Crippen molar-refractivity contribution in [1.29, 1.82) is 0 Å². The summed E-state index contributed by atoms with van der Waals surface area (Å²) in [6.07, 6.45) is 7.35. The summed E-state index contributed by atoms with van der Waals surface area (Å²) in [4.78, 5) is 11.8. The molecule has 3 rings (SSSR count). The summed E-state index contributed by atoms with van der Waals surface area (Å²) in [5.74, 6) is 1.68. The quantitative estimate of drug-likeness (QED) is 0.534. The van der Waals surface area contributed by atoms with Crippen LogP contribution in [-0.2, 0) is 4.79 Å². The van der Waals surface area contributed by atoms with Crippen LogP contribution in [0.3, 0.4) is 0 Å². The van der Waals surface area contributed by atoms with E-state index < -0.39 is 0 Å². The summed E-state index contributed by atoms with van der Waals surface area (Å²) in [6.45, 7) is 0. The number of carbonyl (C=O) groups is 1. The molecule has 0 aromatic rings. The van der Waals surface area contributed by atoms with Gasteiger partial charge in [0, 0.05) is 5.92 Å². The largest absolute Gasteiger partial charge is 0.294 e. The van der Waals surface area contributed by atoms with E-state index in [4.69, 9.17) is 0 Å². The lowest BCUT2D eigenvalue weighted by Crippen LogP contribution is -2.12. The van der Waals surface area contributed by atoms with Crippen LogP contribution >= 0.6 is 0 Å². The van der Waals surface area contributed by atoms with Gasteiger partial charge >= 0.3 is 0 Å². The Morgan fingerprint density at radius 1 is 1.00 bits per heavy atom. The van der Waals surface area contributed by atoms with Crippen LogP contribution in [0.1, 0.15) is 38.5 Å². The Morgan fingerprint density at radius 3 is 2.75 bits per heavy atom. The van der Waals surface area contributed by atoms with Crippen LogP contribution in [0.15, 0.2) is 11.1 Å². The maximum absolute atomic E-state index is 11.8. The monoisotopic (exact) mass is 162 g/mol. The Balaban J connectivity index is 2.04. The van der Waals surface area contributed by atoms with Crippen molar-refractivity contribution in [3.63, 3.8) is 0 Å². The lowest BCUT2D eigenvalue weighted by molar-refractivity contribution is -0.118. The second-order valence-corrected chi connectivity index (χ2v) is 4.37. The highest BCUT2D eigenvalue weighted by atomic mass is 16.1. The molecule has 0 saturated heterocycles. The number of rotatable bonds is 0. The molecule has 0 spiro atoms. The SMILES string of the molecule is O=C1C2=C(CCC2)C2CCC[C@@H]12. The molecule has 0 aromatic carbocycles. The molecule has 1 heteroatoms. The van der Waals surface area contributed by atoms with Gasteiger partial charge in [-0.25, -0.2) is 0 Å². The first kappa shape index (κ1) is 6.88. The second-order valence-electron chi connectivity index (χ2n) is 4.37. The fraction of sp³-hybridized carbons (Fsp3) is 0.727. The molecule has 64 valence electrons. The zero-order valence-corrected chi connectivity index (χ0v) is 7.31. The van der Waals surface area contributed by atoms with Crippen LogP contribution in [0.25, 0.3) is 0 Å². The molecule has 3 aliphatic carbocycles. The molecule has 2 atom stereocenters. The first-order valence-electron chi connectivity index (χ1n) is 5.14.